The van der Waals surface area contributed by atoms with E-state index < -0.39 is 0 Å². The lowest BCUT2D eigenvalue weighted by atomic mass is 9.89. The maximum Gasteiger partial charge on any atom is 0.0750 e. The normalized spacial score (nSPS) is 30.5. The summed E-state index contributed by atoms with van der Waals surface area (Å²) in [6, 6.07) is 0.563. The molecule has 0 aromatic heterocycles. The van der Waals surface area contributed by atoms with E-state index in [0.717, 1.165) is 39.0 Å². The summed E-state index contributed by atoms with van der Waals surface area (Å²) in [7, 11) is 0. The molecule has 102 valence electrons. The third-order valence-corrected chi connectivity index (χ3v) is 3.69. The van der Waals surface area contributed by atoms with Crippen LogP contribution in [0.25, 0.3) is 0 Å². The first-order valence-corrected chi connectivity index (χ1v) is 6.92. The molecule has 0 aliphatic carbocycles. The molecule has 1 N–H and O–H groups in total. The summed E-state index contributed by atoms with van der Waals surface area (Å²) in [4.78, 5) is 0. The van der Waals surface area contributed by atoms with E-state index >= 15 is 0 Å². The molecular formula is C14H29NO2. The van der Waals surface area contributed by atoms with Crippen LogP contribution in [0.15, 0.2) is 0 Å². The Hall–Kier alpha value is -0.120. The number of nitrogens with one attached hydrogen (secondary N) is 1. The third kappa shape index (κ3) is 4.94. The van der Waals surface area contributed by atoms with Crippen LogP contribution >= 0.6 is 0 Å². The van der Waals surface area contributed by atoms with Crippen molar-refractivity contribution in [1.29, 1.82) is 0 Å². The standard InChI is InChI=1S/C14H29NO2/c1-6-14(5)10-12(8-9-17-14)15-11-13(3,4)16-7-2/h12,15H,6-11H2,1-5H3. The minimum atomic E-state index is -0.0737. The quantitative estimate of drug-likeness (QED) is 0.778. The van der Waals surface area contributed by atoms with Crippen LogP contribution in [0.3, 0.4) is 0 Å². The first-order valence-electron chi connectivity index (χ1n) is 6.92. The van der Waals surface area contributed by atoms with Crippen molar-refractivity contribution in [2.75, 3.05) is 19.8 Å². The van der Waals surface area contributed by atoms with E-state index in [1.54, 1.807) is 0 Å². The molecule has 0 spiro atoms. The van der Waals surface area contributed by atoms with Crippen molar-refractivity contribution < 1.29 is 9.47 Å². The molecule has 0 saturated carbocycles. The van der Waals surface area contributed by atoms with Crippen LogP contribution in [0.5, 0.6) is 0 Å². The van der Waals surface area contributed by atoms with Crippen LogP contribution in [0.4, 0.5) is 0 Å². The first-order chi connectivity index (χ1) is 7.91. The highest BCUT2D eigenvalue weighted by atomic mass is 16.5. The molecule has 1 saturated heterocycles. The molecule has 1 aliphatic heterocycles. The van der Waals surface area contributed by atoms with Gasteiger partial charge in [-0.1, -0.05) is 6.92 Å². The topological polar surface area (TPSA) is 30.5 Å². The van der Waals surface area contributed by atoms with Crippen LogP contribution in [0, 0.1) is 0 Å². The average molecular weight is 243 g/mol. The van der Waals surface area contributed by atoms with Gasteiger partial charge in [-0.3, -0.25) is 0 Å². The second kappa shape index (κ2) is 6.17. The summed E-state index contributed by atoms with van der Waals surface area (Å²) in [5.41, 5.74) is -0.0126. The Balaban J connectivity index is 2.37. The Kier molecular flexibility index (Phi) is 5.42. The molecule has 1 heterocycles. The van der Waals surface area contributed by atoms with Crippen molar-refractivity contribution in [2.45, 2.75) is 71.1 Å². The van der Waals surface area contributed by atoms with Crippen molar-refractivity contribution in [3.63, 3.8) is 0 Å². The minimum absolute atomic E-state index is 0.0612. The molecule has 0 radical (unpaired) electrons. The monoisotopic (exact) mass is 243 g/mol. The molecule has 0 aromatic carbocycles. The van der Waals surface area contributed by atoms with Crippen molar-refractivity contribution in [1.82, 2.24) is 5.32 Å². The number of hydrogen-bond acceptors (Lipinski definition) is 3. The Morgan fingerprint density at radius 3 is 2.71 bits per heavy atom. The summed E-state index contributed by atoms with van der Waals surface area (Å²) in [6.45, 7) is 13.3. The van der Waals surface area contributed by atoms with Gasteiger partial charge in [0.05, 0.1) is 11.2 Å². The van der Waals surface area contributed by atoms with E-state index in [0.29, 0.717) is 6.04 Å². The molecule has 3 heteroatoms. The fraction of sp³-hybridized carbons (Fsp3) is 1.00. The lowest BCUT2D eigenvalue weighted by molar-refractivity contribution is -0.0819. The lowest BCUT2D eigenvalue weighted by Gasteiger charge is -2.39. The second-order valence-corrected chi connectivity index (χ2v) is 5.92. The molecule has 0 aromatic rings. The average Bonchev–Trinajstić information content (AvgIpc) is 2.27. The lowest BCUT2D eigenvalue weighted by Crippen LogP contribution is -2.49. The maximum atomic E-state index is 5.85. The predicted molar refractivity (Wildman–Crippen MR) is 71.4 cm³/mol. The molecule has 1 rings (SSSR count). The van der Waals surface area contributed by atoms with Crippen LogP contribution in [0.1, 0.15) is 53.9 Å². The molecule has 3 nitrogen and oxygen atoms in total. The van der Waals surface area contributed by atoms with Crippen LogP contribution in [-0.2, 0) is 9.47 Å². The van der Waals surface area contributed by atoms with Gasteiger partial charge in [0.15, 0.2) is 0 Å². The molecule has 0 bridgehead atoms. The van der Waals surface area contributed by atoms with Gasteiger partial charge >= 0.3 is 0 Å². The Labute approximate surface area is 106 Å². The van der Waals surface area contributed by atoms with E-state index in [4.69, 9.17) is 9.47 Å². The van der Waals surface area contributed by atoms with Crippen molar-refractivity contribution in [3.05, 3.63) is 0 Å². The fourth-order valence-electron chi connectivity index (χ4n) is 2.38. The maximum absolute atomic E-state index is 5.85. The number of rotatable bonds is 6. The zero-order chi connectivity index (χ0) is 12.9. The summed E-state index contributed by atoms with van der Waals surface area (Å²) >= 11 is 0. The van der Waals surface area contributed by atoms with Crippen LogP contribution in [-0.4, -0.2) is 37.0 Å². The van der Waals surface area contributed by atoms with E-state index in [1.165, 1.54) is 0 Å². The van der Waals surface area contributed by atoms with Crippen LogP contribution in [0.2, 0.25) is 0 Å². The largest absolute Gasteiger partial charge is 0.375 e. The van der Waals surface area contributed by atoms with Crippen molar-refractivity contribution in [3.8, 4) is 0 Å². The molecule has 0 amide bonds. The van der Waals surface area contributed by atoms with Crippen molar-refractivity contribution in [2.24, 2.45) is 0 Å². The molecular weight excluding hydrogens is 214 g/mol. The zero-order valence-corrected chi connectivity index (χ0v) is 12.1. The highest BCUT2D eigenvalue weighted by molar-refractivity contribution is 4.87. The van der Waals surface area contributed by atoms with E-state index in [-0.39, 0.29) is 11.2 Å². The Bertz CT molecular complexity index is 230. The van der Waals surface area contributed by atoms with Gasteiger partial charge in [-0.15, -0.1) is 0 Å². The summed E-state index contributed by atoms with van der Waals surface area (Å²) in [6.07, 6.45) is 3.30. The Morgan fingerprint density at radius 1 is 1.41 bits per heavy atom. The minimum Gasteiger partial charge on any atom is -0.375 e. The number of ether oxygens (including phenoxy) is 2. The van der Waals surface area contributed by atoms with Gasteiger partial charge in [0, 0.05) is 25.8 Å². The van der Waals surface area contributed by atoms with E-state index in [1.807, 2.05) is 6.92 Å². The van der Waals surface area contributed by atoms with Gasteiger partial charge in [0.2, 0.25) is 0 Å². The molecule has 2 atom stereocenters. The van der Waals surface area contributed by atoms with Crippen LogP contribution < -0.4 is 5.32 Å². The van der Waals surface area contributed by atoms with E-state index in [2.05, 4.69) is 33.0 Å². The summed E-state index contributed by atoms with van der Waals surface area (Å²) in [5, 5.41) is 3.63. The number of hydrogen-bond donors (Lipinski definition) is 1. The van der Waals surface area contributed by atoms with Gasteiger partial charge in [0.1, 0.15) is 0 Å². The predicted octanol–water partition coefficient (Wildman–Crippen LogP) is 2.74. The zero-order valence-electron chi connectivity index (χ0n) is 12.1. The molecule has 2 unspecified atom stereocenters. The summed E-state index contributed by atoms with van der Waals surface area (Å²) < 4.78 is 11.6. The van der Waals surface area contributed by atoms with Gasteiger partial charge in [-0.05, 0) is 47.0 Å². The second-order valence-electron chi connectivity index (χ2n) is 5.92. The highest BCUT2D eigenvalue weighted by Crippen LogP contribution is 2.27. The summed E-state index contributed by atoms with van der Waals surface area (Å²) in [5.74, 6) is 0. The van der Waals surface area contributed by atoms with E-state index in [9.17, 15) is 0 Å². The fourth-order valence-corrected chi connectivity index (χ4v) is 2.38. The highest BCUT2D eigenvalue weighted by Gasteiger charge is 2.32. The Morgan fingerprint density at radius 2 is 2.12 bits per heavy atom. The third-order valence-electron chi connectivity index (χ3n) is 3.69. The molecule has 1 fully saturated rings. The first kappa shape index (κ1) is 14.9. The van der Waals surface area contributed by atoms with Crippen molar-refractivity contribution >= 4 is 0 Å². The molecule has 17 heavy (non-hydrogen) atoms. The van der Waals surface area contributed by atoms with Gasteiger partial charge in [-0.25, -0.2) is 0 Å². The van der Waals surface area contributed by atoms with Gasteiger partial charge in [0.25, 0.3) is 0 Å². The van der Waals surface area contributed by atoms with Gasteiger partial charge in [-0.2, -0.15) is 0 Å². The SMILES string of the molecule is CCOC(C)(C)CNC1CCOC(C)(CC)C1. The molecule has 1 aliphatic rings. The van der Waals surface area contributed by atoms with Gasteiger partial charge < -0.3 is 14.8 Å². The smallest absolute Gasteiger partial charge is 0.0750 e.